The van der Waals surface area contributed by atoms with Gasteiger partial charge in [-0.15, -0.1) is 0 Å². The molecule has 35 heavy (non-hydrogen) atoms. The van der Waals surface area contributed by atoms with Crippen LogP contribution in [-0.2, 0) is 0 Å². The van der Waals surface area contributed by atoms with Crippen molar-refractivity contribution in [1.82, 2.24) is 19.6 Å². The molecule has 0 unspecified atom stereocenters. The zero-order chi connectivity index (χ0) is 24.4. The van der Waals surface area contributed by atoms with Gasteiger partial charge in [0.05, 0.1) is 23.6 Å². The third-order valence-corrected chi connectivity index (χ3v) is 6.59. The Morgan fingerprint density at radius 1 is 1.06 bits per heavy atom. The maximum Gasteiger partial charge on any atom is 0.265 e. The zero-order valence-electron chi connectivity index (χ0n) is 19.4. The summed E-state index contributed by atoms with van der Waals surface area (Å²) in [5.41, 5.74) is 2.38. The number of fused-ring (bicyclic) bond motifs is 2. The number of nitrogens with one attached hydrogen (secondary N) is 1. The van der Waals surface area contributed by atoms with E-state index in [9.17, 15) is 9.59 Å². The summed E-state index contributed by atoms with van der Waals surface area (Å²) < 4.78 is 6.64. The lowest BCUT2D eigenvalue weighted by atomic mass is 10.2. The first-order valence-corrected chi connectivity index (χ1v) is 11.9. The van der Waals surface area contributed by atoms with Crippen molar-refractivity contribution in [2.75, 3.05) is 51.3 Å². The SMILES string of the molecule is COc1ccc(N2CCN(CCNC(=O)c3ccc4nc5cc(Cl)ccc5c(=O)n4c3)CC2)cc1. The van der Waals surface area contributed by atoms with Crippen molar-refractivity contribution < 1.29 is 9.53 Å². The predicted molar refractivity (Wildman–Crippen MR) is 138 cm³/mol. The lowest BCUT2D eigenvalue weighted by Crippen LogP contribution is -2.48. The zero-order valence-corrected chi connectivity index (χ0v) is 20.2. The molecule has 1 N–H and O–H groups in total. The number of methoxy groups -OCH3 is 1. The van der Waals surface area contributed by atoms with Crippen LogP contribution in [0.2, 0.25) is 5.02 Å². The largest absolute Gasteiger partial charge is 0.497 e. The van der Waals surface area contributed by atoms with Crippen LogP contribution in [0, 0.1) is 0 Å². The molecule has 0 saturated carbocycles. The first-order valence-electron chi connectivity index (χ1n) is 11.5. The maximum atomic E-state index is 12.9. The number of anilines is 1. The summed E-state index contributed by atoms with van der Waals surface area (Å²) in [7, 11) is 1.67. The number of carbonyl (C=O) groups is 1. The van der Waals surface area contributed by atoms with Gasteiger partial charge >= 0.3 is 0 Å². The van der Waals surface area contributed by atoms with E-state index in [1.165, 1.54) is 10.1 Å². The van der Waals surface area contributed by atoms with Crippen LogP contribution >= 0.6 is 11.6 Å². The van der Waals surface area contributed by atoms with Crippen LogP contribution in [0.1, 0.15) is 10.4 Å². The van der Waals surface area contributed by atoms with E-state index in [-0.39, 0.29) is 11.5 Å². The van der Waals surface area contributed by atoms with Gasteiger partial charge in [-0.2, -0.15) is 0 Å². The van der Waals surface area contributed by atoms with E-state index in [4.69, 9.17) is 16.3 Å². The molecule has 2 aromatic heterocycles. The number of rotatable bonds is 6. The topological polar surface area (TPSA) is 79.2 Å². The second-order valence-corrected chi connectivity index (χ2v) is 8.94. The summed E-state index contributed by atoms with van der Waals surface area (Å²) in [6.07, 6.45) is 1.54. The number of carbonyl (C=O) groups excluding carboxylic acids is 1. The van der Waals surface area contributed by atoms with Gasteiger partial charge in [0.15, 0.2) is 0 Å². The molecule has 180 valence electrons. The highest BCUT2D eigenvalue weighted by Gasteiger charge is 2.17. The molecule has 1 amide bonds. The predicted octanol–water partition coefficient (Wildman–Crippen LogP) is 3.06. The summed E-state index contributed by atoms with van der Waals surface area (Å²) in [6, 6.07) is 16.5. The fourth-order valence-electron chi connectivity index (χ4n) is 4.36. The minimum Gasteiger partial charge on any atom is -0.497 e. The Morgan fingerprint density at radius 2 is 1.83 bits per heavy atom. The molecule has 9 heteroatoms. The van der Waals surface area contributed by atoms with E-state index in [1.54, 1.807) is 43.6 Å². The maximum absolute atomic E-state index is 12.9. The van der Waals surface area contributed by atoms with E-state index in [0.29, 0.717) is 33.7 Å². The van der Waals surface area contributed by atoms with Gasteiger partial charge in [-0.05, 0) is 54.6 Å². The quantitative estimate of drug-likeness (QED) is 0.418. The molecule has 1 saturated heterocycles. The van der Waals surface area contributed by atoms with Gasteiger partial charge in [-0.1, -0.05) is 11.6 Å². The number of ether oxygens (including phenoxy) is 1. The molecule has 1 aliphatic heterocycles. The number of aromatic nitrogens is 2. The molecule has 1 fully saturated rings. The molecule has 0 aliphatic carbocycles. The van der Waals surface area contributed by atoms with Crippen molar-refractivity contribution in [3.63, 3.8) is 0 Å². The number of hydrogen-bond acceptors (Lipinski definition) is 6. The van der Waals surface area contributed by atoms with Gasteiger partial charge in [-0.3, -0.25) is 18.9 Å². The Kier molecular flexibility index (Phi) is 6.57. The van der Waals surface area contributed by atoms with Gasteiger partial charge in [0.1, 0.15) is 11.4 Å². The molecule has 4 aromatic rings. The summed E-state index contributed by atoms with van der Waals surface area (Å²) in [4.78, 5) is 34.8. The number of halogens is 1. The lowest BCUT2D eigenvalue weighted by Gasteiger charge is -2.36. The van der Waals surface area contributed by atoms with Gasteiger partial charge < -0.3 is 15.0 Å². The summed E-state index contributed by atoms with van der Waals surface area (Å²) in [5.74, 6) is 0.640. The number of hydrogen-bond donors (Lipinski definition) is 1. The molecule has 2 aromatic carbocycles. The molecule has 0 radical (unpaired) electrons. The van der Waals surface area contributed by atoms with Crippen molar-refractivity contribution in [3.05, 3.63) is 81.7 Å². The van der Waals surface area contributed by atoms with Crippen LogP contribution in [0.4, 0.5) is 5.69 Å². The fraction of sp³-hybridized carbons (Fsp3) is 0.269. The summed E-state index contributed by atoms with van der Waals surface area (Å²) in [5, 5.41) is 3.95. The Bertz CT molecular complexity index is 1430. The smallest absolute Gasteiger partial charge is 0.265 e. The van der Waals surface area contributed by atoms with E-state index >= 15 is 0 Å². The molecule has 0 bridgehead atoms. The highest BCUT2D eigenvalue weighted by Crippen LogP contribution is 2.20. The van der Waals surface area contributed by atoms with E-state index < -0.39 is 0 Å². The minimum absolute atomic E-state index is 0.216. The first-order chi connectivity index (χ1) is 17.0. The number of piperazine rings is 1. The van der Waals surface area contributed by atoms with Gasteiger partial charge in [0, 0.05) is 56.2 Å². The number of amides is 1. The van der Waals surface area contributed by atoms with E-state index in [2.05, 4.69) is 32.2 Å². The Labute approximate surface area is 207 Å². The standard InChI is InChI=1S/C26H26ClN5O3/c1-35-21-6-4-20(5-7-21)31-14-12-30(13-15-31)11-10-28-25(33)18-2-9-24-29-23-16-19(27)3-8-22(23)26(34)32(24)17-18/h2-9,16-17H,10-15H2,1H3,(H,28,33). The molecule has 8 nitrogen and oxygen atoms in total. The van der Waals surface area contributed by atoms with Crippen LogP contribution in [0.3, 0.4) is 0 Å². The summed E-state index contributed by atoms with van der Waals surface area (Å²) in [6.45, 7) is 5.01. The molecule has 5 rings (SSSR count). The van der Waals surface area contributed by atoms with Crippen LogP contribution in [-0.4, -0.2) is 66.6 Å². The van der Waals surface area contributed by atoms with Crippen molar-refractivity contribution in [1.29, 1.82) is 0 Å². The lowest BCUT2D eigenvalue weighted by molar-refractivity contribution is 0.0947. The second kappa shape index (κ2) is 9.93. The monoisotopic (exact) mass is 491 g/mol. The number of nitrogens with zero attached hydrogens (tertiary/aromatic N) is 4. The number of benzene rings is 2. The molecule has 1 aliphatic rings. The summed E-state index contributed by atoms with van der Waals surface area (Å²) >= 11 is 6.03. The normalized spacial score (nSPS) is 14.4. The Balaban J connectivity index is 1.17. The van der Waals surface area contributed by atoms with Crippen molar-refractivity contribution >= 4 is 39.7 Å². The highest BCUT2D eigenvalue weighted by atomic mass is 35.5. The average Bonchev–Trinajstić information content (AvgIpc) is 2.89. The fourth-order valence-corrected chi connectivity index (χ4v) is 4.53. The molecular formula is C26H26ClN5O3. The second-order valence-electron chi connectivity index (χ2n) is 8.51. The average molecular weight is 492 g/mol. The van der Waals surface area contributed by atoms with Crippen LogP contribution in [0.15, 0.2) is 65.6 Å². The third-order valence-electron chi connectivity index (χ3n) is 6.36. The highest BCUT2D eigenvalue weighted by molar-refractivity contribution is 6.31. The Hall–Kier alpha value is -3.62. The minimum atomic E-state index is -0.231. The van der Waals surface area contributed by atoms with Gasteiger partial charge in [0.2, 0.25) is 0 Å². The van der Waals surface area contributed by atoms with Gasteiger partial charge in [0.25, 0.3) is 11.5 Å². The van der Waals surface area contributed by atoms with Crippen molar-refractivity contribution in [2.24, 2.45) is 0 Å². The third kappa shape index (κ3) is 4.94. The van der Waals surface area contributed by atoms with Crippen molar-refractivity contribution in [2.45, 2.75) is 0 Å². The van der Waals surface area contributed by atoms with E-state index in [0.717, 1.165) is 38.5 Å². The molecule has 3 heterocycles. The van der Waals surface area contributed by atoms with E-state index in [1.807, 2.05) is 12.1 Å². The van der Waals surface area contributed by atoms with Crippen molar-refractivity contribution in [3.8, 4) is 5.75 Å². The Morgan fingerprint density at radius 3 is 2.57 bits per heavy atom. The van der Waals surface area contributed by atoms with Crippen LogP contribution in [0.25, 0.3) is 16.6 Å². The molecular weight excluding hydrogens is 466 g/mol. The van der Waals surface area contributed by atoms with Crippen LogP contribution < -0.4 is 20.5 Å². The van der Waals surface area contributed by atoms with Crippen LogP contribution in [0.5, 0.6) is 5.75 Å². The molecule has 0 atom stereocenters. The first kappa shape index (κ1) is 23.1. The molecule has 0 spiro atoms. The van der Waals surface area contributed by atoms with Gasteiger partial charge in [-0.25, -0.2) is 4.98 Å². The number of pyridine rings is 1.